The van der Waals surface area contributed by atoms with Crippen LogP contribution in [-0.4, -0.2) is 59.5 Å². The van der Waals surface area contributed by atoms with Gasteiger partial charge in [-0.1, -0.05) is 13.8 Å². The molecule has 0 N–H and O–H groups in total. The maximum absolute atomic E-state index is 12.7. The second-order valence-corrected chi connectivity index (χ2v) is 8.61. The summed E-state index contributed by atoms with van der Waals surface area (Å²) in [5, 5.41) is 0. The molecule has 1 saturated carbocycles. The normalized spacial score (nSPS) is 25.2. The average Bonchev–Trinajstić information content (AvgIpc) is 3.14. The Balaban J connectivity index is 1.39. The lowest BCUT2D eigenvalue weighted by Crippen LogP contribution is -2.32. The number of ether oxygens (including phenoxy) is 1. The molecule has 3 aromatic heterocycles. The summed E-state index contributed by atoms with van der Waals surface area (Å²) in [7, 11) is 0. The van der Waals surface area contributed by atoms with E-state index in [9.17, 15) is 4.79 Å². The summed E-state index contributed by atoms with van der Waals surface area (Å²) in [6, 6.07) is 0. The number of rotatable bonds is 5. The van der Waals surface area contributed by atoms with Crippen LogP contribution in [0.15, 0.2) is 18.7 Å². The molecule has 162 valence electrons. The van der Waals surface area contributed by atoms with Crippen molar-refractivity contribution in [3.63, 3.8) is 0 Å². The van der Waals surface area contributed by atoms with Crippen molar-refractivity contribution >= 4 is 17.1 Å². The van der Waals surface area contributed by atoms with Gasteiger partial charge in [0.1, 0.15) is 24.1 Å². The van der Waals surface area contributed by atoms with Crippen molar-refractivity contribution in [1.29, 1.82) is 0 Å². The zero-order valence-corrected chi connectivity index (χ0v) is 18.3. The molecule has 1 aliphatic heterocycles. The number of carbonyl (C=O) groups excluding carboxylic acids is 1. The number of nitrogens with zero attached hydrogens (tertiary/aromatic N) is 7. The number of hydrogen-bond acceptors (Lipinski definition) is 7. The molecule has 0 bridgehead atoms. The third-order valence-electron chi connectivity index (χ3n) is 6.70. The van der Waals surface area contributed by atoms with Crippen LogP contribution in [0.2, 0.25) is 0 Å². The molecular formula is C22H27N7O2. The van der Waals surface area contributed by atoms with Gasteiger partial charge in [-0.05, 0) is 25.7 Å². The van der Waals surface area contributed by atoms with Gasteiger partial charge in [-0.25, -0.2) is 19.9 Å². The largest absolute Gasteiger partial charge is 0.471 e. The van der Waals surface area contributed by atoms with Gasteiger partial charge in [0.05, 0.1) is 12.1 Å². The first kappa shape index (κ1) is 19.8. The highest BCUT2D eigenvalue weighted by molar-refractivity contribution is 5.83. The van der Waals surface area contributed by atoms with Crippen LogP contribution in [-0.2, 0) is 11.3 Å². The number of carbonyl (C=O) groups is 1. The van der Waals surface area contributed by atoms with Gasteiger partial charge in [0.15, 0.2) is 11.2 Å². The van der Waals surface area contributed by atoms with Crippen molar-refractivity contribution in [1.82, 2.24) is 34.4 Å². The average molecular weight is 422 g/mol. The lowest BCUT2D eigenvalue weighted by atomic mass is 10.3. The summed E-state index contributed by atoms with van der Waals surface area (Å²) in [4.78, 5) is 36.8. The first-order valence-electron chi connectivity index (χ1n) is 10.9. The molecule has 9 heteroatoms. The third kappa shape index (κ3) is 3.41. The number of aromatic nitrogens is 6. The molecule has 1 aliphatic carbocycles. The van der Waals surface area contributed by atoms with E-state index in [0.29, 0.717) is 42.1 Å². The highest BCUT2D eigenvalue weighted by atomic mass is 16.5. The van der Waals surface area contributed by atoms with Crippen molar-refractivity contribution in [3.8, 4) is 17.3 Å². The number of aryl methyl sites for hydroxylation is 2. The topological polar surface area (TPSA) is 98.9 Å². The fourth-order valence-corrected chi connectivity index (χ4v) is 4.54. The lowest BCUT2D eigenvalue weighted by Gasteiger charge is -2.17. The Morgan fingerprint density at radius 1 is 1.16 bits per heavy atom. The van der Waals surface area contributed by atoms with Crippen molar-refractivity contribution in [2.45, 2.75) is 46.8 Å². The Hall–Kier alpha value is -3.10. The quantitative estimate of drug-likeness (QED) is 0.624. The van der Waals surface area contributed by atoms with Crippen LogP contribution < -0.4 is 4.74 Å². The highest BCUT2D eigenvalue weighted by Gasteiger charge is 2.50. The number of fused-ring (bicyclic) bond motifs is 1. The molecule has 2 aliphatic rings. The molecule has 5 rings (SSSR count). The van der Waals surface area contributed by atoms with Crippen LogP contribution in [0.3, 0.4) is 0 Å². The molecule has 3 atom stereocenters. The van der Waals surface area contributed by atoms with E-state index in [1.807, 2.05) is 23.3 Å². The molecule has 1 amide bonds. The Labute approximate surface area is 180 Å². The lowest BCUT2D eigenvalue weighted by molar-refractivity contribution is -0.132. The van der Waals surface area contributed by atoms with Gasteiger partial charge >= 0.3 is 0 Å². The second kappa shape index (κ2) is 7.55. The van der Waals surface area contributed by atoms with E-state index in [1.165, 1.54) is 6.33 Å². The molecular weight excluding hydrogens is 394 g/mol. The van der Waals surface area contributed by atoms with Gasteiger partial charge in [0.25, 0.3) is 0 Å². The highest BCUT2D eigenvalue weighted by Crippen LogP contribution is 2.46. The Morgan fingerprint density at radius 2 is 1.90 bits per heavy atom. The maximum Gasteiger partial charge on any atom is 0.245 e. The van der Waals surface area contributed by atoms with E-state index in [2.05, 4.69) is 33.8 Å². The molecule has 9 nitrogen and oxygen atoms in total. The van der Waals surface area contributed by atoms with Crippen molar-refractivity contribution < 1.29 is 9.53 Å². The Morgan fingerprint density at radius 3 is 2.58 bits per heavy atom. The fourth-order valence-electron chi connectivity index (χ4n) is 4.54. The van der Waals surface area contributed by atoms with E-state index in [-0.39, 0.29) is 17.9 Å². The molecule has 0 aromatic carbocycles. The van der Waals surface area contributed by atoms with Gasteiger partial charge < -0.3 is 14.2 Å². The van der Waals surface area contributed by atoms with E-state index < -0.39 is 0 Å². The molecule has 4 heterocycles. The van der Waals surface area contributed by atoms with Crippen LogP contribution in [0.4, 0.5) is 0 Å². The zero-order chi connectivity index (χ0) is 21.7. The van der Waals surface area contributed by atoms with Crippen LogP contribution in [0.1, 0.15) is 33.0 Å². The first-order valence-corrected chi connectivity index (χ1v) is 10.9. The summed E-state index contributed by atoms with van der Waals surface area (Å²) in [6.45, 7) is 10.2. The Bertz CT molecular complexity index is 1120. The van der Waals surface area contributed by atoms with Gasteiger partial charge in [0, 0.05) is 37.8 Å². The second-order valence-electron chi connectivity index (χ2n) is 8.61. The summed E-state index contributed by atoms with van der Waals surface area (Å²) < 4.78 is 8.25. The monoisotopic (exact) mass is 421 g/mol. The standard InChI is InChI=1S/C22H27N7O2/c1-5-29-19(15-8-23-14(4)24-9-15)27-18-20(29)25-11-26-21(18)31-16-6-7-28(10-16)22(30)17-12(2)13(17)3/h8-9,11-13,16-17H,5-7,10H2,1-4H3. The minimum atomic E-state index is -0.0932. The van der Waals surface area contributed by atoms with Crippen LogP contribution >= 0.6 is 0 Å². The summed E-state index contributed by atoms with van der Waals surface area (Å²) in [5.41, 5.74) is 2.16. The number of imidazole rings is 1. The van der Waals surface area contributed by atoms with E-state index >= 15 is 0 Å². The minimum absolute atomic E-state index is 0.0932. The molecule has 3 aromatic rings. The summed E-state index contributed by atoms with van der Waals surface area (Å²) in [5.74, 6) is 3.30. The third-order valence-corrected chi connectivity index (χ3v) is 6.70. The SMILES string of the molecule is CCn1c(-c2cnc(C)nc2)nc2c(OC3CCN(C(=O)C4C(C)C4C)C3)ncnc21. The fraction of sp³-hybridized carbons (Fsp3) is 0.545. The maximum atomic E-state index is 12.7. The predicted octanol–water partition coefficient (Wildman–Crippen LogP) is 2.49. The molecule has 0 radical (unpaired) electrons. The molecule has 0 spiro atoms. The smallest absolute Gasteiger partial charge is 0.245 e. The number of amides is 1. The van der Waals surface area contributed by atoms with E-state index in [1.54, 1.807) is 12.4 Å². The van der Waals surface area contributed by atoms with Crippen molar-refractivity contribution in [3.05, 3.63) is 24.5 Å². The predicted molar refractivity (Wildman–Crippen MR) is 114 cm³/mol. The van der Waals surface area contributed by atoms with Crippen LogP contribution in [0.5, 0.6) is 5.88 Å². The molecule has 2 fully saturated rings. The van der Waals surface area contributed by atoms with Gasteiger partial charge in [-0.3, -0.25) is 4.79 Å². The summed E-state index contributed by atoms with van der Waals surface area (Å²) in [6.07, 6.45) is 5.74. The summed E-state index contributed by atoms with van der Waals surface area (Å²) >= 11 is 0. The molecule has 31 heavy (non-hydrogen) atoms. The van der Waals surface area contributed by atoms with Gasteiger partial charge in [0.2, 0.25) is 11.8 Å². The molecule has 3 unspecified atom stereocenters. The Kier molecular flexibility index (Phi) is 4.83. The van der Waals surface area contributed by atoms with E-state index in [4.69, 9.17) is 9.72 Å². The zero-order valence-electron chi connectivity index (χ0n) is 18.3. The minimum Gasteiger partial charge on any atom is -0.471 e. The van der Waals surface area contributed by atoms with Crippen LogP contribution in [0.25, 0.3) is 22.6 Å². The van der Waals surface area contributed by atoms with Gasteiger partial charge in [-0.15, -0.1) is 0 Å². The van der Waals surface area contributed by atoms with Crippen molar-refractivity contribution in [2.24, 2.45) is 17.8 Å². The van der Waals surface area contributed by atoms with Crippen molar-refractivity contribution in [2.75, 3.05) is 13.1 Å². The van der Waals surface area contributed by atoms with Crippen LogP contribution in [0, 0.1) is 24.7 Å². The first-order chi connectivity index (χ1) is 15.0. The van der Waals surface area contributed by atoms with Gasteiger partial charge in [-0.2, -0.15) is 4.98 Å². The number of likely N-dealkylation sites (tertiary alicyclic amines) is 1. The van der Waals surface area contributed by atoms with E-state index in [0.717, 1.165) is 30.0 Å². The molecule has 1 saturated heterocycles. The number of hydrogen-bond donors (Lipinski definition) is 0.